The Balaban J connectivity index is 1.95. The van der Waals surface area contributed by atoms with Crippen LogP contribution in [-0.2, 0) is 15.5 Å². The first-order chi connectivity index (χ1) is 9.20. The third kappa shape index (κ3) is 3.89. The van der Waals surface area contributed by atoms with E-state index in [4.69, 9.17) is 14.9 Å². The molecule has 104 valence electrons. The Morgan fingerprint density at radius 2 is 2.21 bits per heavy atom. The lowest BCUT2D eigenvalue weighted by molar-refractivity contribution is 0.200. The standard InChI is InChI=1S/C14H19NO3S/c1-17-7-4-8-19(16)10-12(15)14-9-11-5-2-3-6-13(11)18-14/h2-3,5-6,9,12H,4,7-8,10,15H2,1H3. The van der Waals surface area contributed by atoms with Gasteiger partial charge in [0.2, 0.25) is 0 Å². The van der Waals surface area contributed by atoms with E-state index in [1.54, 1.807) is 7.11 Å². The number of fused-ring (bicyclic) bond motifs is 1. The van der Waals surface area contributed by atoms with E-state index in [9.17, 15) is 4.21 Å². The largest absolute Gasteiger partial charge is 0.459 e. The predicted molar refractivity (Wildman–Crippen MR) is 77.5 cm³/mol. The summed E-state index contributed by atoms with van der Waals surface area (Å²) >= 11 is 0. The molecule has 5 heteroatoms. The highest BCUT2D eigenvalue weighted by molar-refractivity contribution is 7.85. The molecule has 0 saturated carbocycles. The number of benzene rings is 1. The van der Waals surface area contributed by atoms with Gasteiger partial charge in [-0.05, 0) is 18.6 Å². The molecule has 0 amide bonds. The van der Waals surface area contributed by atoms with E-state index >= 15 is 0 Å². The monoisotopic (exact) mass is 281 g/mol. The van der Waals surface area contributed by atoms with Gasteiger partial charge in [-0.1, -0.05) is 18.2 Å². The average Bonchev–Trinajstić information content (AvgIpc) is 2.83. The molecule has 0 aliphatic heterocycles. The molecule has 19 heavy (non-hydrogen) atoms. The summed E-state index contributed by atoms with van der Waals surface area (Å²) < 4.78 is 22.5. The number of hydrogen-bond donors (Lipinski definition) is 1. The minimum Gasteiger partial charge on any atom is -0.459 e. The first kappa shape index (κ1) is 14.2. The molecule has 0 spiro atoms. The Morgan fingerprint density at radius 3 is 2.95 bits per heavy atom. The van der Waals surface area contributed by atoms with E-state index in [0.717, 1.165) is 17.4 Å². The van der Waals surface area contributed by atoms with Crippen LogP contribution in [0.2, 0.25) is 0 Å². The maximum absolute atomic E-state index is 11.9. The smallest absolute Gasteiger partial charge is 0.134 e. The second-order valence-electron chi connectivity index (χ2n) is 4.45. The van der Waals surface area contributed by atoms with E-state index in [-0.39, 0.29) is 6.04 Å². The van der Waals surface area contributed by atoms with Crippen molar-refractivity contribution in [3.63, 3.8) is 0 Å². The van der Waals surface area contributed by atoms with Crippen molar-refractivity contribution < 1.29 is 13.4 Å². The molecule has 2 atom stereocenters. The van der Waals surface area contributed by atoms with Gasteiger partial charge in [0.1, 0.15) is 11.3 Å². The van der Waals surface area contributed by atoms with Crippen molar-refractivity contribution in [1.82, 2.24) is 0 Å². The summed E-state index contributed by atoms with van der Waals surface area (Å²) in [7, 11) is 0.703. The van der Waals surface area contributed by atoms with E-state index in [0.29, 0.717) is 23.9 Å². The van der Waals surface area contributed by atoms with Crippen LogP contribution in [0, 0.1) is 0 Å². The molecule has 0 aliphatic rings. The topological polar surface area (TPSA) is 65.5 Å². The van der Waals surface area contributed by atoms with E-state index < -0.39 is 10.8 Å². The summed E-state index contributed by atoms with van der Waals surface area (Å²) in [5, 5.41) is 1.03. The molecule has 2 rings (SSSR count). The Hall–Kier alpha value is -1.17. The molecule has 1 aromatic heterocycles. The number of furan rings is 1. The molecule has 2 aromatic rings. The molecule has 0 saturated heterocycles. The van der Waals surface area contributed by atoms with Gasteiger partial charge in [-0.2, -0.15) is 0 Å². The highest BCUT2D eigenvalue weighted by Crippen LogP contribution is 2.23. The zero-order valence-corrected chi connectivity index (χ0v) is 11.8. The number of nitrogens with two attached hydrogens (primary N) is 1. The molecule has 0 bridgehead atoms. The van der Waals surface area contributed by atoms with Crippen molar-refractivity contribution in [2.24, 2.45) is 5.73 Å². The third-order valence-electron chi connectivity index (χ3n) is 2.90. The van der Waals surface area contributed by atoms with Gasteiger partial charge in [0, 0.05) is 41.4 Å². The number of hydrogen-bond acceptors (Lipinski definition) is 4. The van der Waals surface area contributed by atoms with Crippen LogP contribution in [0.5, 0.6) is 0 Å². The number of methoxy groups -OCH3 is 1. The lowest BCUT2D eigenvalue weighted by Crippen LogP contribution is -2.19. The molecule has 4 nitrogen and oxygen atoms in total. The van der Waals surface area contributed by atoms with Crippen molar-refractivity contribution in [1.29, 1.82) is 0 Å². The van der Waals surface area contributed by atoms with Gasteiger partial charge in [0.05, 0.1) is 6.04 Å². The summed E-state index contributed by atoms with van der Waals surface area (Å²) in [6, 6.07) is 9.36. The van der Waals surface area contributed by atoms with Crippen LogP contribution in [0.25, 0.3) is 11.0 Å². The van der Waals surface area contributed by atoms with Gasteiger partial charge in [-0.3, -0.25) is 4.21 Å². The fraction of sp³-hybridized carbons (Fsp3) is 0.429. The van der Waals surface area contributed by atoms with Crippen molar-refractivity contribution in [3.8, 4) is 0 Å². The van der Waals surface area contributed by atoms with Gasteiger partial charge >= 0.3 is 0 Å². The molecule has 0 radical (unpaired) electrons. The molecule has 1 heterocycles. The molecule has 0 aliphatic carbocycles. The third-order valence-corrected chi connectivity index (χ3v) is 4.37. The Labute approximate surface area is 115 Å². The summed E-state index contributed by atoms with van der Waals surface area (Å²) in [5.41, 5.74) is 6.86. The summed E-state index contributed by atoms with van der Waals surface area (Å²) in [5.74, 6) is 1.73. The van der Waals surface area contributed by atoms with Gasteiger partial charge in [0.25, 0.3) is 0 Å². The second kappa shape index (κ2) is 6.84. The van der Waals surface area contributed by atoms with Crippen LogP contribution in [-0.4, -0.2) is 29.4 Å². The molecule has 1 aromatic carbocycles. The summed E-state index contributed by atoms with van der Waals surface area (Å²) in [6.07, 6.45) is 0.788. The van der Waals surface area contributed by atoms with E-state index in [1.807, 2.05) is 30.3 Å². The van der Waals surface area contributed by atoms with Gasteiger partial charge in [-0.25, -0.2) is 0 Å². The van der Waals surface area contributed by atoms with Crippen LogP contribution < -0.4 is 5.73 Å². The van der Waals surface area contributed by atoms with E-state index in [2.05, 4.69) is 0 Å². The van der Waals surface area contributed by atoms with Gasteiger partial charge < -0.3 is 14.9 Å². The highest BCUT2D eigenvalue weighted by atomic mass is 32.2. The zero-order chi connectivity index (χ0) is 13.7. The molecular formula is C14H19NO3S. The lowest BCUT2D eigenvalue weighted by atomic mass is 10.2. The first-order valence-electron chi connectivity index (χ1n) is 6.28. The first-order valence-corrected chi connectivity index (χ1v) is 7.77. The quantitative estimate of drug-likeness (QED) is 0.790. The van der Waals surface area contributed by atoms with Gasteiger partial charge in [0.15, 0.2) is 0 Å². The molecule has 0 fully saturated rings. The van der Waals surface area contributed by atoms with Crippen molar-refractivity contribution in [2.75, 3.05) is 25.2 Å². The van der Waals surface area contributed by atoms with Crippen LogP contribution >= 0.6 is 0 Å². The number of para-hydroxylation sites is 1. The van der Waals surface area contributed by atoms with Crippen molar-refractivity contribution in [2.45, 2.75) is 12.5 Å². The van der Waals surface area contributed by atoms with Crippen molar-refractivity contribution >= 4 is 21.8 Å². The van der Waals surface area contributed by atoms with Crippen LogP contribution in [0.1, 0.15) is 18.2 Å². The highest BCUT2D eigenvalue weighted by Gasteiger charge is 2.14. The van der Waals surface area contributed by atoms with Crippen LogP contribution in [0.4, 0.5) is 0 Å². The summed E-state index contributed by atoms with van der Waals surface area (Å²) in [6.45, 7) is 0.631. The van der Waals surface area contributed by atoms with Crippen LogP contribution in [0.3, 0.4) is 0 Å². The van der Waals surface area contributed by atoms with Gasteiger partial charge in [-0.15, -0.1) is 0 Å². The normalized spacial score (nSPS) is 14.6. The molecule has 2 N–H and O–H groups in total. The molecular weight excluding hydrogens is 262 g/mol. The fourth-order valence-electron chi connectivity index (χ4n) is 1.92. The Morgan fingerprint density at radius 1 is 1.42 bits per heavy atom. The van der Waals surface area contributed by atoms with Crippen LogP contribution in [0.15, 0.2) is 34.7 Å². The maximum Gasteiger partial charge on any atom is 0.134 e. The minimum absolute atomic E-state index is 0.323. The minimum atomic E-state index is -0.939. The lowest BCUT2D eigenvalue weighted by Gasteiger charge is -2.08. The molecule has 2 unspecified atom stereocenters. The fourth-order valence-corrected chi connectivity index (χ4v) is 3.09. The Kier molecular flexibility index (Phi) is 5.13. The second-order valence-corrected chi connectivity index (χ2v) is 6.07. The number of ether oxygens (including phenoxy) is 1. The number of rotatable bonds is 7. The Bertz CT molecular complexity index is 519. The zero-order valence-electron chi connectivity index (χ0n) is 11.0. The van der Waals surface area contributed by atoms with E-state index in [1.165, 1.54) is 0 Å². The van der Waals surface area contributed by atoms with Crippen molar-refractivity contribution in [3.05, 3.63) is 36.1 Å². The SMILES string of the molecule is COCCCS(=O)CC(N)c1cc2ccccc2o1. The maximum atomic E-state index is 11.9. The average molecular weight is 281 g/mol. The summed E-state index contributed by atoms with van der Waals surface area (Å²) in [4.78, 5) is 0. The predicted octanol–water partition coefficient (Wildman–Crippen LogP) is 2.22.